The highest BCUT2D eigenvalue weighted by atomic mass is 32.2. The smallest absolute Gasteiger partial charge is 0.319 e. The molecule has 1 aromatic heterocycles. The monoisotopic (exact) mass is 527 g/mol. The Balaban J connectivity index is 1.60. The Morgan fingerprint density at radius 2 is 1.47 bits per heavy atom. The average molecular weight is 528 g/mol. The van der Waals surface area contributed by atoms with Crippen LogP contribution < -0.4 is 10.6 Å². The van der Waals surface area contributed by atoms with Gasteiger partial charge in [-0.05, 0) is 54.5 Å². The number of carbonyl (C=O) groups excluding carboxylic acids is 1. The first-order valence-electron chi connectivity index (χ1n) is 13.1. The standard InChI is InChI=1S/C31H37N5OS/c1-20(2)26-13-10-14-27(21(3)4)28(26)33-30(37)32-23(6)29-34-35-31(38-19-24-11-8-7-9-12-24)36(29)25-17-15-22(5)16-18-25/h7-18,20-21,23H,19H2,1-6H3,(H2,32,33,37). The molecule has 0 saturated heterocycles. The number of anilines is 1. The molecule has 198 valence electrons. The number of para-hydroxylation sites is 1. The predicted octanol–water partition coefficient (Wildman–Crippen LogP) is 8.00. The van der Waals surface area contributed by atoms with Crippen molar-refractivity contribution >= 4 is 23.5 Å². The quantitative estimate of drug-likeness (QED) is 0.216. The lowest BCUT2D eigenvalue weighted by atomic mass is 9.93. The third kappa shape index (κ3) is 6.45. The summed E-state index contributed by atoms with van der Waals surface area (Å²) in [5.41, 5.74) is 6.50. The zero-order chi connectivity index (χ0) is 27.2. The summed E-state index contributed by atoms with van der Waals surface area (Å²) in [7, 11) is 0. The van der Waals surface area contributed by atoms with Crippen LogP contribution in [0.15, 0.2) is 78.0 Å². The number of hydrogen-bond donors (Lipinski definition) is 2. The predicted molar refractivity (Wildman–Crippen MR) is 157 cm³/mol. The Labute approximate surface area is 230 Å². The van der Waals surface area contributed by atoms with Crippen LogP contribution >= 0.6 is 11.8 Å². The first-order valence-corrected chi connectivity index (χ1v) is 14.1. The van der Waals surface area contributed by atoms with E-state index in [0.717, 1.165) is 33.4 Å². The molecule has 0 saturated carbocycles. The number of rotatable bonds is 9. The molecule has 0 fully saturated rings. The molecule has 0 bridgehead atoms. The van der Waals surface area contributed by atoms with Gasteiger partial charge in [0.1, 0.15) is 0 Å². The second kappa shape index (κ2) is 12.3. The van der Waals surface area contributed by atoms with E-state index in [1.165, 1.54) is 11.1 Å². The van der Waals surface area contributed by atoms with E-state index in [1.807, 2.05) is 29.7 Å². The second-order valence-corrected chi connectivity index (χ2v) is 11.2. The molecule has 4 rings (SSSR count). The minimum Gasteiger partial charge on any atom is -0.328 e. The third-order valence-corrected chi connectivity index (χ3v) is 7.51. The van der Waals surface area contributed by atoms with Gasteiger partial charge in [-0.15, -0.1) is 10.2 Å². The Kier molecular flexibility index (Phi) is 8.89. The van der Waals surface area contributed by atoms with Gasteiger partial charge in [0.15, 0.2) is 11.0 Å². The lowest BCUT2D eigenvalue weighted by molar-refractivity contribution is 0.248. The van der Waals surface area contributed by atoms with Crippen LogP contribution in [0.25, 0.3) is 5.69 Å². The topological polar surface area (TPSA) is 71.8 Å². The number of aryl methyl sites for hydroxylation is 1. The SMILES string of the molecule is Cc1ccc(-n2c(SCc3ccccc3)nnc2C(C)NC(=O)Nc2c(C(C)C)cccc2C(C)C)cc1. The molecule has 1 heterocycles. The molecule has 38 heavy (non-hydrogen) atoms. The third-order valence-electron chi connectivity index (χ3n) is 6.51. The number of hydrogen-bond acceptors (Lipinski definition) is 4. The summed E-state index contributed by atoms with van der Waals surface area (Å²) in [6.45, 7) is 12.6. The van der Waals surface area contributed by atoms with Crippen molar-refractivity contribution in [1.29, 1.82) is 0 Å². The number of aromatic nitrogens is 3. The summed E-state index contributed by atoms with van der Waals surface area (Å²) in [6.07, 6.45) is 0. The van der Waals surface area contributed by atoms with Crippen LogP contribution in [-0.2, 0) is 5.75 Å². The highest BCUT2D eigenvalue weighted by Crippen LogP contribution is 2.33. The van der Waals surface area contributed by atoms with Gasteiger partial charge in [-0.3, -0.25) is 4.57 Å². The second-order valence-electron chi connectivity index (χ2n) is 10.2. The van der Waals surface area contributed by atoms with E-state index >= 15 is 0 Å². The number of nitrogens with one attached hydrogen (secondary N) is 2. The van der Waals surface area contributed by atoms with Gasteiger partial charge in [0.25, 0.3) is 0 Å². The lowest BCUT2D eigenvalue weighted by Gasteiger charge is -2.22. The van der Waals surface area contributed by atoms with E-state index in [2.05, 4.69) is 110 Å². The van der Waals surface area contributed by atoms with Crippen molar-refractivity contribution in [2.24, 2.45) is 0 Å². The number of carbonyl (C=O) groups is 1. The minimum atomic E-state index is -0.372. The van der Waals surface area contributed by atoms with Crippen LogP contribution in [0.4, 0.5) is 10.5 Å². The van der Waals surface area contributed by atoms with Crippen molar-refractivity contribution < 1.29 is 4.79 Å². The van der Waals surface area contributed by atoms with Crippen LogP contribution in [0.1, 0.15) is 80.6 Å². The van der Waals surface area contributed by atoms with Gasteiger partial charge in [-0.1, -0.05) is 106 Å². The first kappa shape index (κ1) is 27.5. The molecule has 1 unspecified atom stereocenters. The van der Waals surface area contributed by atoms with Gasteiger partial charge in [0.2, 0.25) is 0 Å². The van der Waals surface area contributed by atoms with Gasteiger partial charge in [-0.2, -0.15) is 0 Å². The normalized spacial score (nSPS) is 12.1. The number of thioether (sulfide) groups is 1. The fourth-order valence-corrected chi connectivity index (χ4v) is 5.33. The molecule has 6 nitrogen and oxygen atoms in total. The molecule has 0 spiro atoms. The lowest BCUT2D eigenvalue weighted by Crippen LogP contribution is -2.33. The fraction of sp³-hybridized carbons (Fsp3) is 0.323. The van der Waals surface area contributed by atoms with E-state index in [1.54, 1.807) is 11.8 Å². The van der Waals surface area contributed by atoms with E-state index < -0.39 is 0 Å². The molecule has 2 N–H and O–H groups in total. The minimum absolute atomic E-state index is 0.260. The van der Waals surface area contributed by atoms with Gasteiger partial charge < -0.3 is 10.6 Å². The number of nitrogens with zero attached hydrogens (tertiary/aromatic N) is 3. The molecule has 0 radical (unpaired) electrons. The van der Waals surface area contributed by atoms with Crippen molar-refractivity contribution in [1.82, 2.24) is 20.1 Å². The molecule has 0 aliphatic carbocycles. The van der Waals surface area contributed by atoms with Gasteiger partial charge in [0.05, 0.1) is 6.04 Å². The molecular weight excluding hydrogens is 490 g/mol. The molecule has 1 atom stereocenters. The molecule has 0 aliphatic heterocycles. The Hall–Kier alpha value is -3.58. The summed E-state index contributed by atoms with van der Waals surface area (Å²) in [4.78, 5) is 13.3. The Bertz CT molecular complexity index is 1340. The van der Waals surface area contributed by atoms with Crippen molar-refractivity contribution in [3.63, 3.8) is 0 Å². The molecule has 0 aliphatic rings. The van der Waals surface area contributed by atoms with E-state index in [9.17, 15) is 4.79 Å². The Morgan fingerprint density at radius 1 is 0.842 bits per heavy atom. The van der Waals surface area contributed by atoms with Gasteiger partial charge in [0, 0.05) is 17.1 Å². The summed E-state index contributed by atoms with van der Waals surface area (Å²) in [5, 5.41) is 16.1. The average Bonchev–Trinajstić information content (AvgIpc) is 3.32. The van der Waals surface area contributed by atoms with Crippen molar-refractivity contribution in [3.8, 4) is 5.69 Å². The number of amides is 2. The van der Waals surface area contributed by atoms with E-state index in [4.69, 9.17) is 0 Å². The fourth-order valence-electron chi connectivity index (χ4n) is 4.42. The molecule has 4 aromatic rings. The van der Waals surface area contributed by atoms with E-state index in [-0.39, 0.29) is 23.9 Å². The summed E-state index contributed by atoms with van der Waals surface area (Å²) in [5.74, 6) is 2.03. The van der Waals surface area contributed by atoms with Crippen molar-refractivity contribution in [3.05, 3.63) is 101 Å². The molecule has 2 amide bonds. The van der Waals surface area contributed by atoms with Crippen molar-refractivity contribution in [2.75, 3.05) is 5.32 Å². The maximum atomic E-state index is 13.3. The maximum Gasteiger partial charge on any atom is 0.319 e. The largest absolute Gasteiger partial charge is 0.328 e. The van der Waals surface area contributed by atoms with Crippen molar-refractivity contribution in [2.45, 2.75) is 70.3 Å². The zero-order valence-electron chi connectivity index (χ0n) is 23.0. The molecular formula is C31H37N5OS. The van der Waals surface area contributed by atoms with Crippen LogP contribution in [0.2, 0.25) is 0 Å². The highest BCUT2D eigenvalue weighted by Gasteiger charge is 2.22. The van der Waals surface area contributed by atoms with Crippen LogP contribution in [0, 0.1) is 6.92 Å². The maximum absolute atomic E-state index is 13.3. The summed E-state index contributed by atoms with van der Waals surface area (Å²) < 4.78 is 2.04. The zero-order valence-corrected chi connectivity index (χ0v) is 23.8. The summed E-state index contributed by atoms with van der Waals surface area (Å²) in [6, 6.07) is 24.2. The Morgan fingerprint density at radius 3 is 2.08 bits per heavy atom. The summed E-state index contributed by atoms with van der Waals surface area (Å²) >= 11 is 1.63. The number of urea groups is 1. The molecule has 7 heteroatoms. The van der Waals surface area contributed by atoms with E-state index in [0.29, 0.717) is 5.82 Å². The van der Waals surface area contributed by atoms with Crippen LogP contribution in [0.5, 0.6) is 0 Å². The highest BCUT2D eigenvalue weighted by molar-refractivity contribution is 7.98. The van der Waals surface area contributed by atoms with Crippen LogP contribution in [0.3, 0.4) is 0 Å². The molecule has 3 aromatic carbocycles. The number of benzene rings is 3. The van der Waals surface area contributed by atoms with Gasteiger partial charge in [-0.25, -0.2) is 4.79 Å². The van der Waals surface area contributed by atoms with Gasteiger partial charge >= 0.3 is 6.03 Å². The van der Waals surface area contributed by atoms with Crippen LogP contribution in [-0.4, -0.2) is 20.8 Å². The first-order chi connectivity index (χ1) is 18.2.